The maximum Gasteiger partial charge on any atom is 0.310 e. The van der Waals surface area contributed by atoms with E-state index in [0.29, 0.717) is 29.9 Å². The quantitative estimate of drug-likeness (QED) is 0.801. The van der Waals surface area contributed by atoms with Crippen LogP contribution < -0.4 is 4.74 Å². The molecule has 16 heavy (non-hydrogen) atoms. The number of rotatable bonds is 2. The van der Waals surface area contributed by atoms with Crippen molar-refractivity contribution in [3.05, 3.63) is 22.8 Å². The highest BCUT2D eigenvalue weighted by molar-refractivity contribution is 5.78. The van der Waals surface area contributed by atoms with Crippen LogP contribution in [-0.4, -0.2) is 22.8 Å². The molecule has 1 unspecified atom stereocenters. The van der Waals surface area contributed by atoms with Crippen molar-refractivity contribution < 1.29 is 19.7 Å². The van der Waals surface area contributed by atoms with Gasteiger partial charge in [0, 0.05) is 17.5 Å². The highest BCUT2D eigenvalue weighted by Crippen LogP contribution is 2.40. The first-order valence-electron chi connectivity index (χ1n) is 5.23. The monoisotopic (exact) mass is 222 g/mol. The summed E-state index contributed by atoms with van der Waals surface area (Å²) in [5, 5.41) is 19.0. The normalized spacial score (nSPS) is 15.4. The van der Waals surface area contributed by atoms with Crippen LogP contribution in [0.1, 0.15) is 29.5 Å². The summed E-state index contributed by atoms with van der Waals surface area (Å²) in [5.41, 5.74) is 1.99. The fourth-order valence-corrected chi connectivity index (χ4v) is 2.08. The van der Waals surface area contributed by atoms with Crippen molar-refractivity contribution in [2.75, 3.05) is 6.61 Å². The molecule has 4 heteroatoms. The summed E-state index contributed by atoms with van der Waals surface area (Å²) in [6, 6.07) is 1.76. The van der Waals surface area contributed by atoms with Gasteiger partial charge in [-0.1, -0.05) is 0 Å². The van der Waals surface area contributed by atoms with Gasteiger partial charge in [0.1, 0.15) is 11.5 Å². The minimum atomic E-state index is -0.935. The Labute approximate surface area is 93.5 Å². The van der Waals surface area contributed by atoms with Crippen LogP contribution in [0.2, 0.25) is 0 Å². The number of ether oxygens (including phenoxy) is 1. The van der Waals surface area contributed by atoms with E-state index in [0.717, 1.165) is 5.56 Å². The predicted molar refractivity (Wildman–Crippen MR) is 58.1 cm³/mol. The summed E-state index contributed by atoms with van der Waals surface area (Å²) in [5.74, 6) is -0.858. The minimum Gasteiger partial charge on any atom is -0.507 e. The first-order valence-corrected chi connectivity index (χ1v) is 5.23. The van der Waals surface area contributed by atoms with Crippen LogP contribution in [0.4, 0.5) is 0 Å². The summed E-state index contributed by atoms with van der Waals surface area (Å²) in [4.78, 5) is 11.0. The van der Waals surface area contributed by atoms with Crippen LogP contribution in [0, 0.1) is 6.92 Å². The van der Waals surface area contributed by atoms with E-state index < -0.39 is 11.9 Å². The fraction of sp³-hybridized carbons (Fsp3) is 0.417. The third kappa shape index (κ3) is 1.50. The number of phenolic OH excluding ortho intramolecular Hbond substituents is 1. The Morgan fingerprint density at radius 3 is 2.88 bits per heavy atom. The van der Waals surface area contributed by atoms with E-state index in [1.807, 2.05) is 0 Å². The Kier molecular flexibility index (Phi) is 2.50. The number of fused-ring (bicyclic) bond motifs is 1. The average molecular weight is 222 g/mol. The second-order valence-electron chi connectivity index (χ2n) is 4.09. The molecule has 0 amide bonds. The summed E-state index contributed by atoms with van der Waals surface area (Å²) in [7, 11) is 0. The first-order chi connectivity index (χ1) is 7.52. The highest BCUT2D eigenvalue weighted by atomic mass is 16.5. The Hall–Kier alpha value is -1.71. The van der Waals surface area contributed by atoms with Crippen LogP contribution in [0.15, 0.2) is 6.07 Å². The number of hydrogen-bond donors (Lipinski definition) is 2. The zero-order valence-corrected chi connectivity index (χ0v) is 9.28. The van der Waals surface area contributed by atoms with Crippen molar-refractivity contribution >= 4 is 5.97 Å². The van der Waals surface area contributed by atoms with E-state index in [-0.39, 0.29) is 5.75 Å². The van der Waals surface area contributed by atoms with E-state index in [1.54, 1.807) is 19.9 Å². The summed E-state index contributed by atoms with van der Waals surface area (Å²) in [6.07, 6.45) is 0.663. The molecule has 0 aliphatic carbocycles. The Bertz CT molecular complexity index is 451. The van der Waals surface area contributed by atoms with Gasteiger partial charge in [-0.25, -0.2) is 0 Å². The number of hydrogen-bond acceptors (Lipinski definition) is 3. The molecular weight excluding hydrogens is 208 g/mol. The van der Waals surface area contributed by atoms with Gasteiger partial charge in [0.05, 0.1) is 12.5 Å². The number of benzene rings is 1. The summed E-state index contributed by atoms with van der Waals surface area (Å²) < 4.78 is 5.40. The van der Waals surface area contributed by atoms with Crippen molar-refractivity contribution in [3.8, 4) is 11.5 Å². The molecule has 1 aliphatic heterocycles. The van der Waals surface area contributed by atoms with Crippen molar-refractivity contribution in [1.82, 2.24) is 0 Å². The largest absolute Gasteiger partial charge is 0.507 e. The highest BCUT2D eigenvalue weighted by Gasteiger charge is 2.27. The topological polar surface area (TPSA) is 66.8 Å². The van der Waals surface area contributed by atoms with Gasteiger partial charge in [-0.15, -0.1) is 0 Å². The standard InChI is InChI=1S/C12H14O4/c1-6-5-9-8(3-4-16-9)10(11(6)13)7(2)12(14)15/h5,7,13H,3-4H2,1-2H3,(H,14,15). The van der Waals surface area contributed by atoms with Gasteiger partial charge in [0.15, 0.2) is 0 Å². The van der Waals surface area contributed by atoms with Gasteiger partial charge in [0.25, 0.3) is 0 Å². The van der Waals surface area contributed by atoms with E-state index in [9.17, 15) is 9.90 Å². The molecule has 86 valence electrons. The lowest BCUT2D eigenvalue weighted by molar-refractivity contribution is -0.138. The van der Waals surface area contributed by atoms with Crippen LogP contribution >= 0.6 is 0 Å². The molecule has 0 saturated carbocycles. The molecule has 1 heterocycles. The van der Waals surface area contributed by atoms with Crippen LogP contribution in [0.3, 0.4) is 0 Å². The minimum absolute atomic E-state index is 0.0825. The lowest BCUT2D eigenvalue weighted by Gasteiger charge is -2.15. The SMILES string of the molecule is Cc1cc2c(c(C(C)C(=O)O)c1O)CCO2. The van der Waals surface area contributed by atoms with E-state index in [4.69, 9.17) is 9.84 Å². The second kappa shape index (κ2) is 3.70. The van der Waals surface area contributed by atoms with Crippen LogP contribution in [0.25, 0.3) is 0 Å². The third-order valence-electron chi connectivity index (χ3n) is 3.01. The molecule has 1 atom stereocenters. The summed E-state index contributed by atoms with van der Waals surface area (Å²) in [6.45, 7) is 3.88. The Morgan fingerprint density at radius 1 is 1.56 bits per heavy atom. The van der Waals surface area contributed by atoms with E-state index >= 15 is 0 Å². The third-order valence-corrected chi connectivity index (χ3v) is 3.01. The molecule has 2 rings (SSSR count). The number of phenols is 1. The molecule has 4 nitrogen and oxygen atoms in total. The molecule has 0 spiro atoms. The molecular formula is C12H14O4. The van der Waals surface area contributed by atoms with Gasteiger partial charge in [0.2, 0.25) is 0 Å². The molecule has 0 saturated heterocycles. The number of aliphatic carboxylic acids is 1. The summed E-state index contributed by atoms with van der Waals surface area (Å²) >= 11 is 0. The number of carboxylic acids is 1. The molecule has 1 aromatic rings. The van der Waals surface area contributed by atoms with E-state index in [2.05, 4.69) is 0 Å². The first kappa shape index (κ1) is 10.8. The number of aryl methyl sites for hydroxylation is 1. The molecule has 2 N–H and O–H groups in total. The maximum atomic E-state index is 11.0. The van der Waals surface area contributed by atoms with Crippen molar-refractivity contribution in [1.29, 1.82) is 0 Å². The molecule has 0 aromatic heterocycles. The Morgan fingerprint density at radius 2 is 2.25 bits per heavy atom. The van der Waals surface area contributed by atoms with Gasteiger partial charge >= 0.3 is 5.97 Å². The van der Waals surface area contributed by atoms with E-state index in [1.165, 1.54) is 0 Å². The van der Waals surface area contributed by atoms with Crippen molar-refractivity contribution in [2.45, 2.75) is 26.2 Å². The molecule has 0 fully saturated rings. The van der Waals surface area contributed by atoms with Crippen molar-refractivity contribution in [3.63, 3.8) is 0 Å². The zero-order valence-electron chi connectivity index (χ0n) is 9.28. The number of carboxylic acid groups (broad SMARTS) is 1. The maximum absolute atomic E-state index is 11.0. The molecule has 0 radical (unpaired) electrons. The lowest BCUT2D eigenvalue weighted by Crippen LogP contribution is -2.10. The van der Waals surface area contributed by atoms with Gasteiger partial charge in [-0.05, 0) is 25.5 Å². The van der Waals surface area contributed by atoms with Crippen LogP contribution in [-0.2, 0) is 11.2 Å². The zero-order chi connectivity index (χ0) is 11.9. The molecule has 0 bridgehead atoms. The molecule has 1 aromatic carbocycles. The predicted octanol–water partition coefficient (Wildman–Crippen LogP) is 1.82. The average Bonchev–Trinajstić information content (AvgIpc) is 2.66. The second-order valence-corrected chi connectivity index (χ2v) is 4.09. The number of carbonyl (C=O) groups is 1. The van der Waals surface area contributed by atoms with Gasteiger partial charge < -0.3 is 14.9 Å². The lowest BCUT2D eigenvalue weighted by atomic mass is 9.91. The fourth-order valence-electron chi connectivity index (χ4n) is 2.08. The Balaban J connectivity index is 2.63. The molecule has 1 aliphatic rings. The number of aromatic hydroxyl groups is 1. The van der Waals surface area contributed by atoms with Crippen LogP contribution in [0.5, 0.6) is 11.5 Å². The smallest absolute Gasteiger partial charge is 0.310 e. The van der Waals surface area contributed by atoms with Crippen molar-refractivity contribution in [2.24, 2.45) is 0 Å². The van der Waals surface area contributed by atoms with Gasteiger partial charge in [-0.3, -0.25) is 4.79 Å². The van der Waals surface area contributed by atoms with Gasteiger partial charge in [-0.2, -0.15) is 0 Å².